The predicted octanol–water partition coefficient (Wildman–Crippen LogP) is 1.94. The van der Waals surface area contributed by atoms with Crippen LogP contribution in [-0.4, -0.2) is 38.9 Å². The van der Waals surface area contributed by atoms with Gasteiger partial charge in [-0.3, -0.25) is 0 Å². The fourth-order valence-corrected chi connectivity index (χ4v) is 5.01. The van der Waals surface area contributed by atoms with Gasteiger partial charge < -0.3 is 5.32 Å². The number of hydrogen-bond acceptors (Lipinski definition) is 3. The van der Waals surface area contributed by atoms with Crippen LogP contribution in [0.25, 0.3) is 0 Å². The maximum absolute atomic E-state index is 13.1. The van der Waals surface area contributed by atoms with E-state index >= 15 is 0 Å². The van der Waals surface area contributed by atoms with Crippen molar-refractivity contribution in [1.29, 1.82) is 0 Å². The molecule has 0 aromatic heterocycles. The molecule has 0 amide bonds. The van der Waals surface area contributed by atoms with E-state index in [1.807, 2.05) is 0 Å². The SMILES string of the molecule is O=S(=O)(c1ccccc1C(F)(F)F)N1CCC2CNCC2C1. The lowest BCUT2D eigenvalue weighted by Crippen LogP contribution is -2.43. The van der Waals surface area contributed by atoms with Crippen LogP contribution < -0.4 is 5.32 Å². The number of benzene rings is 1. The molecule has 8 heteroatoms. The Hall–Kier alpha value is -1.12. The van der Waals surface area contributed by atoms with Crippen molar-refractivity contribution >= 4 is 10.0 Å². The zero-order valence-electron chi connectivity index (χ0n) is 11.8. The number of alkyl halides is 3. The van der Waals surface area contributed by atoms with Gasteiger partial charge in [0.15, 0.2) is 0 Å². The summed E-state index contributed by atoms with van der Waals surface area (Å²) in [5.41, 5.74) is -1.10. The lowest BCUT2D eigenvalue weighted by Gasteiger charge is -2.34. The van der Waals surface area contributed by atoms with Crippen LogP contribution in [0.2, 0.25) is 0 Å². The minimum absolute atomic E-state index is 0.182. The predicted molar refractivity (Wildman–Crippen MR) is 74.7 cm³/mol. The van der Waals surface area contributed by atoms with Crippen molar-refractivity contribution in [2.75, 3.05) is 26.2 Å². The number of rotatable bonds is 2. The molecule has 2 atom stereocenters. The first kappa shape index (κ1) is 15.8. The van der Waals surface area contributed by atoms with Crippen LogP contribution in [0, 0.1) is 11.8 Å². The molecule has 3 rings (SSSR count). The summed E-state index contributed by atoms with van der Waals surface area (Å²) >= 11 is 0. The Labute approximate surface area is 127 Å². The third-order valence-corrected chi connectivity index (χ3v) is 6.40. The van der Waals surface area contributed by atoms with Crippen LogP contribution in [0.5, 0.6) is 0 Å². The second-order valence-corrected chi connectivity index (χ2v) is 7.73. The lowest BCUT2D eigenvalue weighted by atomic mass is 9.90. The lowest BCUT2D eigenvalue weighted by molar-refractivity contribution is -0.139. The van der Waals surface area contributed by atoms with Gasteiger partial charge in [0.1, 0.15) is 0 Å². The molecule has 2 saturated heterocycles. The highest BCUT2D eigenvalue weighted by Gasteiger charge is 2.42. The number of hydrogen-bond donors (Lipinski definition) is 1. The van der Waals surface area contributed by atoms with Gasteiger partial charge in [-0.25, -0.2) is 8.42 Å². The average Bonchev–Trinajstić information content (AvgIpc) is 2.93. The molecule has 2 fully saturated rings. The molecule has 2 unspecified atom stereocenters. The van der Waals surface area contributed by atoms with E-state index in [9.17, 15) is 21.6 Å². The number of piperidine rings is 1. The zero-order valence-corrected chi connectivity index (χ0v) is 12.6. The molecule has 1 aromatic carbocycles. The number of sulfonamides is 1. The fourth-order valence-electron chi connectivity index (χ4n) is 3.28. The van der Waals surface area contributed by atoms with Gasteiger partial charge >= 0.3 is 6.18 Å². The smallest absolute Gasteiger partial charge is 0.316 e. The van der Waals surface area contributed by atoms with Crippen LogP contribution in [0.1, 0.15) is 12.0 Å². The first-order chi connectivity index (χ1) is 10.3. The molecule has 0 bridgehead atoms. The number of nitrogens with zero attached hydrogens (tertiary/aromatic N) is 1. The molecule has 1 N–H and O–H groups in total. The molecule has 0 saturated carbocycles. The quantitative estimate of drug-likeness (QED) is 0.899. The molecule has 4 nitrogen and oxygen atoms in total. The van der Waals surface area contributed by atoms with Crippen molar-refractivity contribution in [3.63, 3.8) is 0 Å². The number of nitrogens with one attached hydrogen (secondary N) is 1. The van der Waals surface area contributed by atoms with Crippen molar-refractivity contribution in [2.24, 2.45) is 11.8 Å². The summed E-state index contributed by atoms with van der Waals surface area (Å²) in [7, 11) is -4.13. The van der Waals surface area contributed by atoms with E-state index in [4.69, 9.17) is 0 Å². The van der Waals surface area contributed by atoms with Crippen molar-refractivity contribution in [1.82, 2.24) is 9.62 Å². The molecule has 2 heterocycles. The first-order valence-electron chi connectivity index (χ1n) is 7.17. The minimum Gasteiger partial charge on any atom is -0.316 e. The highest BCUT2D eigenvalue weighted by atomic mass is 32.2. The van der Waals surface area contributed by atoms with Crippen LogP contribution >= 0.6 is 0 Å². The summed E-state index contributed by atoms with van der Waals surface area (Å²) in [5.74, 6) is 0.603. The second kappa shape index (κ2) is 5.50. The Morgan fingerprint density at radius 1 is 1.14 bits per heavy atom. The van der Waals surface area contributed by atoms with Gasteiger partial charge in [-0.15, -0.1) is 0 Å². The average molecular weight is 334 g/mol. The van der Waals surface area contributed by atoms with Crippen LogP contribution in [-0.2, 0) is 16.2 Å². The van der Waals surface area contributed by atoms with Crippen molar-refractivity contribution in [3.05, 3.63) is 29.8 Å². The van der Waals surface area contributed by atoms with E-state index in [-0.39, 0.29) is 19.0 Å². The molecule has 2 aliphatic rings. The van der Waals surface area contributed by atoms with E-state index in [1.165, 1.54) is 16.4 Å². The van der Waals surface area contributed by atoms with Gasteiger partial charge in [0.2, 0.25) is 10.0 Å². The van der Waals surface area contributed by atoms with E-state index in [1.54, 1.807) is 0 Å². The van der Waals surface area contributed by atoms with Gasteiger partial charge in [-0.05, 0) is 43.5 Å². The summed E-state index contributed by atoms with van der Waals surface area (Å²) < 4.78 is 65.7. The molecule has 1 aromatic rings. The number of halogens is 3. The molecule has 122 valence electrons. The third-order valence-electron chi connectivity index (χ3n) is 4.48. The molecule has 0 radical (unpaired) electrons. The summed E-state index contributed by atoms with van der Waals surface area (Å²) in [6.07, 6.45) is -4.00. The van der Waals surface area contributed by atoms with Crippen LogP contribution in [0.15, 0.2) is 29.2 Å². The molecule has 0 aliphatic carbocycles. The monoisotopic (exact) mass is 334 g/mol. The maximum Gasteiger partial charge on any atom is 0.417 e. The van der Waals surface area contributed by atoms with E-state index in [0.29, 0.717) is 12.3 Å². The van der Waals surface area contributed by atoms with Crippen molar-refractivity contribution in [3.8, 4) is 0 Å². The molecular weight excluding hydrogens is 317 g/mol. The molecular formula is C14H17F3N2O2S. The third kappa shape index (κ3) is 2.75. The number of fused-ring (bicyclic) bond motifs is 1. The van der Waals surface area contributed by atoms with Gasteiger partial charge in [0, 0.05) is 13.1 Å². The topological polar surface area (TPSA) is 49.4 Å². The molecule has 22 heavy (non-hydrogen) atoms. The minimum atomic E-state index is -4.68. The summed E-state index contributed by atoms with van der Waals surface area (Å²) in [6, 6.07) is 4.38. The molecule has 0 spiro atoms. The van der Waals surface area contributed by atoms with Gasteiger partial charge in [-0.1, -0.05) is 12.1 Å². The summed E-state index contributed by atoms with van der Waals surface area (Å²) in [5, 5.41) is 3.21. The highest BCUT2D eigenvalue weighted by molar-refractivity contribution is 7.89. The Bertz CT molecular complexity index is 660. The van der Waals surface area contributed by atoms with E-state index in [2.05, 4.69) is 5.32 Å². The van der Waals surface area contributed by atoms with Gasteiger partial charge in [-0.2, -0.15) is 17.5 Å². The van der Waals surface area contributed by atoms with Gasteiger partial charge in [0.05, 0.1) is 10.5 Å². The second-order valence-electron chi connectivity index (χ2n) is 5.82. The first-order valence-corrected chi connectivity index (χ1v) is 8.61. The Morgan fingerprint density at radius 3 is 2.55 bits per heavy atom. The largest absolute Gasteiger partial charge is 0.417 e. The zero-order chi connectivity index (χ0) is 16.0. The van der Waals surface area contributed by atoms with Crippen LogP contribution in [0.3, 0.4) is 0 Å². The highest BCUT2D eigenvalue weighted by Crippen LogP contribution is 2.37. The normalized spacial score (nSPS) is 26.9. The van der Waals surface area contributed by atoms with Crippen molar-refractivity contribution < 1.29 is 21.6 Å². The van der Waals surface area contributed by atoms with Crippen LogP contribution in [0.4, 0.5) is 13.2 Å². The molecule has 2 aliphatic heterocycles. The summed E-state index contributed by atoms with van der Waals surface area (Å²) in [4.78, 5) is -0.646. The van der Waals surface area contributed by atoms with Gasteiger partial charge in [0.25, 0.3) is 0 Å². The maximum atomic E-state index is 13.1. The van der Waals surface area contributed by atoms with E-state index in [0.717, 1.165) is 25.2 Å². The Balaban J connectivity index is 1.94. The van der Waals surface area contributed by atoms with E-state index < -0.39 is 26.7 Å². The fraction of sp³-hybridized carbons (Fsp3) is 0.571. The Kier molecular flexibility index (Phi) is 3.94. The van der Waals surface area contributed by atoms with Crippen molar-refractivity contribution in [2.45, 2.75) is 17.5 Å². The summed E-state index contributed by atoms with van der Waals surface area (Å²) in [6.45, 7) is 2.14. The standard InChI is InChI=1S/C14H17F3N2O2S/c15-14(16,17)12-3-1-2-4-13(12)22(20,21)19-6-5-10-7-18-8-11(10)9-19/h1-4,10-11,18H,5-9H2. The Morgan fingerprint density at radius 2 is 1.82 bits per heavy atom.